The minimum atomic E-state index is -0.442. The van der Waals surface area contributed by atoms with Crippen LogP contribution < -0.4 is 15.8 Å². The van der Waals surface area contributed by atoms with Crippen LogP contribution in [0.25, 0.3) is 0 Å². The van der Waals surface area contributed by atoms with E-state index in [1.807, 2.05) is 26.0 Å². The maximum absolute atomic E-state index is 11.7. The van der Waals surface area contributed by atoms with Crippen LogP contribution in [0.3, 0.4) is 0 Å². The van der Waals surface area contributed by atoms with Crippen LogP contribution in [0.15, 0.2) is 41.4 Å². The number of guanidine groups is 1. The lowest BCUT2D eigenvalue weighted by Crippen LogP contribution is -2.22. The number of nitrogens with two attached hydrogens (primary N) is 1. The fraction of sp³-hybridized carbons (Fsp3) is 0.263. The number of carbonyl (C=O) groups is 1. The summed E-state index contributed by atoms with van der Waals surface area (Å²) in [5, 5.41) is 3.08. The molecule has 0 bridgehead atoms. The molecule has 0 aliphatic rings. The van der Waals surface area contributed by atoms with Gasteiger partial charge in [0.2, 0.25) is 0 Å². The summed E-state index contributed by atoms with van der Waals surface area (Å²) in [5.74, 6) is 0.323. The van der Waals surface area contributed by atoms with E-state index in [9.17, 15) is 4.79 Å². The quantitative estimate of drug-likeness (QED) is 0.496. The molecule has 0 spiro atoms. The van der Waals surface area contributed by atoms with Crippen LogP contribution in [-0.2, 0) is 11.3 Å². The van der Waals surface area contributed by atoms with Gasteiger partial charge in [-0.2, -0.15) is 0 Å². The first-order valence-electron chi connectivity index (χ1n) is 7.83. The number of carbonyl (C=O) groups excluding carboxylic acids is 1. The number of aryl methyl sites for hydroxylation is 2. The number of methoxy groups -OCH3 is 2. The second-order valence-corrected chi connectivity index (χ2v) is 5.73. The monoisotopic (exact) mass is 341 g/mol. The molecule has 132 valence electrons. The molecule has 0 aliphatic carbocycles. The molecule has 3 N–H and O–H groups in total. The predicted octanol–water partition coefficient (Wildman–Crippen LogP) is 3.03. The summed E-state index contributed by atoms with van der Waals surface area (Å²) < 4.78 is 9.97. The Bertz CT molecular complexity index is 780. The maximum atomic E-state index is 11.7. The van der Waals surface area contributed by atoms with E-state index in [1.165, 1.54) is 14.2 Å². The fourth-order valence-electron chi connectivity index (χ4n) is 2.52. The van der Waals surface area contributed by atoms with Crippen LogP contribution in [0, 0.1) is 13.8 Å². The molecule has 0 unspecified atom stereocenters. The van der Waals surface area contributed by atoms with Crippen LogP contribution in [0.4, 0.5) is 5.69 Å². The van der Waals surface area contributed by atoms with Crippen LogP contribution in [0.5, 0.6) is 5.75 Å². The minimum Gasteiger partial charge on any atom is -0.496 e. The number of esters is 1. The number of rotatable bonds is 5. The Hall–Kier alpha value is -3.02. The zero-order valence-corrected chi connectivity index (χ0v) is 14.9. The minimum absolute atomic E-state index is 0.320. The van der Waals surface area contributed by atoms with Gasteiger partial charge in [0, 0.05) is 5.69 Å². The Balaban J connectivity index is 2.11. The number of hydrogen-bond acceptors (Lipinski definition) is 4. The van der Waals surface area contributed by atoms with E-state index in [4.69, 9.17) is 15.2 Å². The zero-order chi connectivity index (χ0) is 18.4. The molecular formula is C19H23N3O3. The number of anilines is 1. The Morgan fingerprint density at radius 2 is 1.80 bits per heavy atom. The summed E-state index contributed by atoms with van der Waals surface area (Å²) in [5.41, 5.74) is 10.4. The van der Waals surface area contributed by atoms with Crippen molar-refractivity contribution in [3.63, 3.8) is 0 Å². The Kier molecular flexibility index (Phi) is 6.00. The molecule has 0 fully saturated rings. The molecule has 0 aliphatic heterocycles. The first-order valence-corrected chi connectivity index (χ1v) is 7.83. The van der Waals surface area contributed by atoms with Gasteiger partial charge in [0.1, 0.15) is 11.3 Å². The first kappa shape index (κ1) is 18.3. The number of hydrogen-bond donors (Lipinski definition) is 2. The largest absolute Gasteiger partial charge is 0.496 e. The molecule has 0 saturated carbocycles. The highest BCUT2D eigenvalue weighted by molar-refractivity contribution is 5.93. The predicted molar refractivity (Wildman–Crippen MR) is 99.2 cm³/mol. The fourth-order valence-corrected chi connectivity index (χ4v) is 2.52. The summed E-state index contributed by atoms with van der Waals surface area (Å²) in [6.45, 7) is 4.42. The van der Waals surface area contributed by atoms with Crippen molar-refractivity contribution in [3.05, 3.63) is 58.7 Å². The maximum Gasteiger partial charge on any atom is 0.341 e. The first-order chi connectivity index (χ1) is 11.9. The van der Waals surface area contributed by atoms with Gasteiger partial charge in [-0.25, -0.2) is 9.79 Å². The summed E-state index contributed by atoms with van der Waals surface area (Å²) >= 11 is 0. The SMILES string of the molecule is COC(=O)c1ccc(CN=C(N)Nc2cc(C)cc(C)c2)cc1OC. The van der Waals surface area contributed by atoms with Gasteiger partial charge in [-0.1, -0.05) is 12.1 Å². The second kappa shape index (κ2) is 8.19. The van der Waals surface area contributed by atoms with Crippen molar-refractivity contribution in [2.24, 2.45) is 10.7 Å². The van der Waals surface area contributed by atoms with Crippen molar-refractivity contribution >= 4 is 17.6 Å². The summed E-state index contributed by atoms with van der Waals surface area (Å²) in [4.78, 5) is 16.0. The van der Waals surface area contributed by atoms with E-state index >= 15 is 0 Å². The summed E-state index contributed by atoms with van der Waals surface area (Å²) in [6, 6.07) is 11.3. The van der Waals surface area contributed by atoms with Gasteiger partial charge in [-0.15, -0.1) is 0 Å². The molecule has 0 amide bonds. The number of nitrogens with zero attached hydrogens (tertiary/aromatic N) is 1. The van der Waals surface area contributed by atoms with E-state index in [0.717, 1.165) is 22.4 Å². The van der Waals surface area contributed by atoms with Gasteiger partial charge in [0.15, 0.2) is 5.96 Å². The molecule has 6 nitrogen and oxygen atoms in total. The highest BCUT2D eigenvalue weighted by atomic mass is 16.5. The lowest BCUT2D eigenvalue weighted by Gasteiger charge is -2.10. The van der Waals surface area contributed by atoms with E-state index in [0.29, 0.717) is 23.8 Å². The summed E-state index contributed by atoms with van der Waals surface area (Å²) in [7, 11) is 2.84. The van der Waals surface area contributed by atoms with E-state index in [1.54, 1.807) is 18.2 Å². The lowest BCUT2D eigenvalue weighted by atomic mass is 10.1. The van der Waals surface area contributed by atoms with Crippen molar-refractivity contribution in [1.82, 2.24) is 0 Å². The highest BCUT2D eigenvalue weighted by Gasteiger charge is 2.12. The average molecular weight is 341 g/mol. The molecule has 0 heterocycles. The van der Waals surface area contributed by atoms with Crippen LogP contribution in [-0.4, -0.2) is 26.1 Å². The third-order valence-electron chi connectivity index (χ3n) is 3.60. The molecule has 2 aromatic rings. The van der Waals surface area contributed by atoms with Crippen molar-refractivity contribution < 1.29 is 14.3 Å². The summed E-state index contributed by atoms with van der Waals surface area (Å²) in [6.07, 6.45) is 0. The molecule has 2 rings (SSSR count). The van der Waals surface area contributed by atoms with Gasteiger partial charge in [0.25, 0.3) is 0 Å². The zero-order valence-electron chi connectivity index (χ0n) is 14.9. The molecule has 0 saturated heterocycles. The standard InChI is InChI=1S/C19H23N3O3/c1-12-7-13(2)9-15(8-12)22-19(20)21-11-14-5-6-16(18(23)25-4)17(10-14)24-3/h5-10H,11H2,1-4H3,(H3,20,21,22). The molecule has 6 heteroatoms. The molecular weight excluding hydrogens is 318 g/mol. The molecule has 0 radical (unpaired) electrons. The third kappa shape index (κ3) is 4.97. The van der Waals surface area contributed by atoms with Crippen LogP contribution in [0.1, 0.15) is 27.0 Å². The lowest BCUT2D eigenvalue weighted by molar-refractivity contribution is 0.0597. The third-order valence-corrected chi connectivity index (χ3v) is 3.60. The number of nitrogens with one attached hydrogen (secondary N) is 1. The van der Waals surface area contributed by atoms with Crippen LogP contribution >= 0.6 is 0 Å². The number of ether oxygens (including phenoxy) is 2. The van der Waals surface area contributed by atoms with E-state index in [2.05, 4.69) is 16.4 Å². The molecule has 25 heavy (non-hydrogen) atoms. The molecule has 2 aromatic carbocycles. The normalized spacial score (nSPS) is 11.1. The van der Waals surface area contributed by atoms with E-state index < -0.39 is 5.97 Å². The Morgan fingerprint density at radius 3 is 2.40 bits per heavy atom. The van der Waals surface area contributed by atoms with Crippen LogP contribution in [0.2, 0.25) is 0 Å². The molecule has 0 atom stereocenters. The van der Waals surface area contributed by atoms with Gasteiger partial charge in [-0.05, 0) is 54.8 Å². The topological polar surface area (TPSA) is 85.9 Å². The van der Waals surface area contributed by atoms with Gasteiger partial charge in [-0.3, -0.25) is 0 Å². The van der Waals surface area contributed by atoms with Crippen molar-refractivity contribution in [2.75, 3.05) is 19.5 Å². The Morgan fingerprint density at radius 1 is 1.12 bits per heavy atom. The number of aliphatic imine (C=N–C) groups is 1. The van der Waals surface area contributed by atoms with Crippen molar-refractivity contribution in [1.29, 1.82) is 0 Å². The van der Waals surface area contributed by atoms with Gasteiger partial charge < -0.3 is 20.5 Å². The highest BCUT2D eigenvalue weighted by Crippen LogP contribution is 2.21. The van der Waals surface area contributed by atoms with Gasteiger partial charge in [0.05, 0.1) is 20.8 Å². The van der Waals surface area contributed by atoms with Gasteiger partial charge >= 0.3 is 5.97 Å². The van der Waals surface area contributed by atoms with Crippen molar-refractivity contribution in [3.8, 4) is 5.75 Å². The molecule has 0 aromatic heterocycles. The number of benzene rings is 2. The smallest absolute Gasteiger partial charge is 0.341 e. The Labute approximate surface area is 147 Å². The second-order valence-electron chi connectivity index (χ2n) is 5.73. The average Bonchev–Trinajstić information content (AvgIpc) is 2.58. The van der Waals surface area contributed by atoms with E-state index in [-0.39, 0.29) is 0 Å². The van der Waals surface area contributed by atoms with Crippen molar-refractivity contribution in [2.45, 2.75) is 20.4 Å².